The molecule has 0 aliphatic rings. The number of rotatable bonds is 4. The summed E-state index contributed by atoms with van der Waals surface area (Å²) in [6.07, 6.45) is 0.229. The van der Waals surface area contributed by atoms with E-state index in [2.05, 4.69) is 0 Å². The van der Waals surface area contributed by atoms with E-state index >= 15 is 0 Å². The smallest absolute Gasteiger partial charge is 0.344 e. The lowest BCUT2D eigenvalue weighted by atomic mass is 10.2. The molecule has 6 heteroatoms. The van der Waals surface area contributed by atoms with Gasteiger partial charge in [0.2, 0.25) is 16.9 Å². The minimum atomic E-state index is -1.20. The van der Waals surface area contributed by atoms with E-state index in [4.69, 9.17) is 18.7 Å². The van der Waals surface area contributed by atoms with Gasteiger partial charge in [0.25, 0.3) is 0 Å². The normalized spacial score (nSPS) is 12.2. The second-order valence-electron chi connectivity index (χ2n) is 4.66. The summed E-state index contributed by atoms with van der Waals surface area (Å²) in [4.78, 5) is 23.6. The number of para-hydroxylation sites is 1. The van der Waals surface area contributed by atoms with Crippen molar-refractivity contribution in [3.8, 4) is 17.3 Å². The predicted molar refractivity (Wildman–Crippen MR) is 77.9 cm³/mol. The summed E-state index contributed by atoms with van der Waals surface area (Å²) < 4.78 is 16.2. The Morgan fingerprint density at radius 3 is 2.68 bits per heavy atom. The Bertz CT molecular complexity index is 875. The fourth-order valence-corrected chi connectivity index (χ4v) is 2.03. The molecule has 0 aliphatic carbocycles. The van der Waals surface area contributed by atoms with Crippen molar-refractivity contribution >= 4 is 16.9 Å². The molecular weight excluding hydrogens is 288 g/mol. The molecule has 3 rings (SSSR count). The van der Waals surface area contributed by atoms with Crippen molar-refractivity contribution in [3.63, 3.8) is 0 Å². The van der Waals surface area contributed by atoms with Gasteiger partial charge in [-0.1, -0.05) is 12.1 Å². The van der Waals surface area contributed by atoms with Crippen LogP contribution in [-0.2, 0) is 4.79 Å². The number of hydrogen-bond acceptors (Lipinski definition) is 5. The van der Waals surface area contributed by atoms with Gasteiger partial charge in [-0.25, -0.2) is 4.79 Å². The van der Waals surface area contributed by atoms with Gasteiger partial charge in [-0.05, 0) is 31.2 Å². The second kappa shape index (κ2) is 5.40. The molecule has 0 saturated carbocycles. The number of carbonyl (C=O) groups is 1. The van der Waals surface area contributed by atoms with Crippen LogP contribution < -0.4 is 10.2 Å². The van der Waals surface area contributed by atoms with Crippen LogP contribution in [0.4, 0.5) is 0 Å². The summed E-state index contributed by atoms with van der Waals surface area (Å²) in [6.45, 7) is 1.34. The van der Waals surface area contributed by atoms with Crippen LogP contribution in [0.2, 0.25) is 0 Å². The van der Waals surface area contributed by atoms with Crippen LogP contribution in [0.3, 0.4) is 0 Å². The highest BCUT2D eigenvalue weighted by Crippen LogP contribution is 2.31. The van der Waals surface area contributed by atoms with E-state index in [0.717, 1.165) is 0 Å². The van der Waals surface area contributed by atoms with Gasteiger partial charge in [-0.15, -0.1) is 0 Å². The van der Waals surface area contributed by atoms with Gasteiger partial charge in [-0.2, -0.15) is 0 Å². The number of fused-ring (bicyclic) bond motifs is 1. The molecule has 1 aromatic carbocycles. The minimum Gasteiger partial charge on any atom is -0.479 e. The topological polar surface area (TPSA) is 89.9 Å². The third-order valence-corrected chi connectivity index (χ3v) is 3.14. The van der Waals surface area contributed by atoms with Crippen molar-refractivity contribution in [2.45, 2.75) is 13.0 Å². The van der Waals surface area contributed by atoms with Crippen LogP contribution >= 0.6 is 0 Å². The number of aliphatic carboxylic acids is 1. The number of carboxylic acid groups (broad SMARTS) is 1. The SMILES string of the molecule is CC(Oc1c(-c2ccco2)oc2ccccc2c1=O)C(=O)O. The standard InChI is InChI=1S/C16H12O6/c1-9(16(18)19)21-15-13(17)10-5-2-3-6-11(10)22-14(15)12-7-4-8-20-12/h2-9H,1H3,(H,18,19). The Kier molecular flexibility index (Phi) is 3.42. The van der Waals surface area contributed by atoms with Crippen LogP contribution in [0, 0.1) is 0 Å². The lowest BCUT2D eigenvalue weighted by Gasteiger charge is -2.12. The molecule has 0 saturated heterocycles. The third-order valence-electron chi connectivity index (χ3n) is 3.14. The summed E-state index contributed by atoms with van der Waals surface area (Å²) in [5.74, 6) is -1.00. The monoisotopic (exact) mass is 300 g/mol. The van der Waals surface area contributed by atoms with Gasteiger partial charge >= 0.3 is 5.97 Å². The van der Waals surface area contributed by atoms with Crippen molar-refractivity contribution in [1.29, 1.82) is 0 Å². The van der Waals surface area contributed by atoms with Crippen LogP contribution in [0.25, 0.3) is 22.5 Å². The molecule has 0 aliphatic heterocycles. The van der Waals surface area contributed by atoms with Crippen molar-refractivity contribution in [3.05, 3.63) is 52.9 Å². The van der Waals surface area contributed by atoms with E-state index < -0.39 is 17.5 Å². The molecule has 2 heterocycles. The quantitative estimate of drug-likeness (QED) is 0.796. The summed E-state index contributed by atoms with van der Waals surface area (Å²) in [5.41, 5.74) is -0.0735. The van der Waals surface area contributed by atoms with Gasteiger partial charge in [0, 0.05) is 0 Å². The van der Waals surface area contributed by atoms with Gasteiger partial charge < -0.3 is 18.7 Å². The molecule has 0 radical (unpaired) electrons. The van der Waals surface area contributed by atoms with Crippen LogP contribution in [0.1, 0.15) is 6.92 Å². The van der Waals surface area contributed by atoms with E-state index in [1.165, 1.54) is 13.2 Å². The van der Waals surface area contributed by atoms with Gasteiger partial charge in [0.1, 0.15) is 5.58 Å². The Balaban J connectivity index is 2.26. The minimum absolute atomic E-state index is 0.0711. The maximum atomic E-state index is 12.6. The maximum Gasteiger partial charge on any atom is 0.344 e. The number of furan rings is 1. The van der Waals surface area contributed by atoms with Gasteiger partial charge in [0.05, 0.1) is 11.6 Å². The van der Waals surface area contributed by atoms with Crippen molar-refractivity contribution in [2.75, 3.05) is 0 Å². The summed E-state index contributed by atoms with van der Waals surface area (Å²) in [6, 6.07) is 9.90. The first-order valence-electron chi connectivity index (χ1n) is 6.57. The fraction of sp³-hybridized carbons (Fsp3) is 0.125. The molecule has 6 nitrogen and oxygen atoms in total. The molecular formula is C16H12O6. The highest BCUT2D eigenvalue weighted by molar-refractivity contribution is 5.81. The molecule has 3 aromatic rings. The Morgan fingerprint density at radius 1 is 1.23 bits per heavy atom. The number of carboxylic acids is 1. The van der Waals surface area contributed by atoms with E-state index in [1.807, 2.05) is 0 Å². The second-order valence-corrected chi connectivity index (χ2v) is 4.66. The first kappa shape index (κ1) is 13.9. The number of benzene rings is 1. The van der Waals surface area contributed by atoms with Crippen LogP contribution in [0.15, 0.2) is 56.3 Å². The van der Waals surface area contributed by atoms with Gasteiger partial charge in [-0.3, -0.25) is 4.79 Å². The lowest BCUT2D eigenvalue weighted by molar-refractivity contribution is -0.144. The molecule has 0 amide bonds. The molecule has 1 unspecified atom stereocenters. The Hall–Kier alpha value is -3.02. The largest absolute Gasteiger partial charge is 0.479 e. The highest BCUT2D eigenvalue weighted by Gasteiger charge is 2.23. The van der Waals surface area contributed by atoms with E-state index in [9.17, 15) is 9.59 Å². The number of ether oxygens (including phenoxy) is 1. The fourth-order valence-electron chi connectivity index (χ4n) is 2.03. The first-order chi connectivity index (χ1) is 10.6. The predicted octanol–water partition coefficient (Wildman–Crippen LogP) is 2.90. The van der Waals surface area contributed by atoms with Gasteiger partial charge in [0.15, 0.2) is 11.9 Å². The molecule has 0 bridgehead atoms. The Morgan fingerprint density at radius 2 is 2.00 bits per heavy atom. The average molecular weight is 300 g/mol. The molecule has 2 aromatic heterocycles. The zero-order chi connectivity index (χ0) is 15.7. The summed E-state index contributed by atoms with van der Waals surface area (Å²) >= 11 is 0. The van der Waals surface area contributed by atoms with Crippen molar-refractivity contribution in [1.82, 2.24) is 0 Å². The van der Waals surface area contributed by atoms with E-state index in [0.29, 0.717) is 11.0 Å². The molecule has 0 fully saturated rings. The average Bonchev–Trinajstić information content (AvgIpc) is 3.04. The first-order valence-corrected chi connectivity index (χ1v) is 6.57. The lowest BCUT2D eigenvalue weighted by Crippen LogP contribution is -2.26. The molecule has 1 atom stereocenters. The highest BCUT2D eigenvalue weighted by atomic mass is 16.5. The maximum absolute atomic E-state index is 12.6. The zero-order valence-corrected chi connectivity index (χ0v) is 11.6. The van der Waals surface area contributed by atoms with Crippen LogP contribution in [-0.4, -0.2) is 17.2 Å². The van der Waals surface area contributed by atoms with E-state index in [-0.39, 0.29) is 17.3 Å². The Labute approximate surface area is 124 Å². The third kappa shape index (κ3) is 2.35. The molecule has 112 valence electrons. The van der Waals surface area contributed by atoms with Crippen molar-refractivity contribution in [2.24, 2.45) is 0 Å². The molecule has 22 heavy (non-hydrogen) atoms. The molecule has 1 N–H and O–H groups in total. The molecule has 0 spiro atoms. The van der Waals surface area contributed by atoms with Crippen LogP contribution in [0.5, 0.6) is 5.75 Å². The summed E-state index contributed by atoms with van der Waals surface area (Å²) in [5, 5.41) is 9.30. The zero-order valence-electron chi connectivity index (χ0n) is 11.6. The summed E-state index contributed by atoms with van der Waals surface area (Å²) in [7, 11) is 0. The van der Waals surface area contributed by atoms with E-state index in [1.54, 1.807) is 36.4 Å². The number of hydrogen-bond donors (Lipinski definition) is 1. The van der Waals surface area contributed by atoms with Crippen molar-refractivity contribution < 1.29 is 23.5 Å².